The van der Waals surface area contributed by atoms with Gasteiger partial charge in [0.05, 0.1) is 6.10 Å². The average molecular weight is 513 g/mol. The number of unbranched alkanes of at least 4 members (excludes halogenated alkanes) is 9. The predicted octanol–water partition coefficient (Wildman–Crippen LogP) is 6.63. The van der Waals surface area contributed by atoms with Gasteiger partial charge in [0.15, 0.2) is 0 Å². The lowest BCUT2D eigenvalue weighted by atomic mass is 9.88. The van der Waals surface area contributed by atoms with E-state index in [-0.39, 0.29) is 6.10 Å². The largest absolute Gasteiger partial charge is 0.393 e. The number of aliphatic hydroxyl groups is 1. The number of benzene rings is 1. The highest BCUT2D eigenvalue weighted by atomic mass is 16.3. The molecule has 0 saturated carbocycles. The SMILES string of the molecule is C=CNCCc1c[nH]c2ccccc12.CCCCCCCCCCCCN1CC(C(C)O)C(CN)C1C. The first-order chi connectivity index (χ1) is 18.0. The molecule has 0 bridgehead atoms. The number of rotatable bonds is 17. The van der Waals surface area contributed by atoms with Gasteiger partial charge < -0.3 is 21.1 Å². The molecule has 5 nitrogen and oxygen atoms in total. The molecule has 0 amide bonds. The summed E-state index contributed by atoms with van der Waals surface area (Å²) in [5, 5.41) is 14.4. The van der Waals surface area contributed by atoms with Crippen molar-refractivity contribution in [2.75, 3.05) is 26.2 Å². The summed E-state index contributed by atoms with van der Waals surface area (Å²) in [6.07, 6.45) is 18.5. The molecule has 1 aromatic heterocycles. The van der Waals surface area contributed by atoms with Gasteiger partial charge in [0.1, 0.15) is 0 Å². The van der Waals surface area contributed by atoms with Crippen molar-refractivity contribution in [3.8, 4) is 0 Å². The van der Waals surface area contributed by atoms with Crippen LogP contribution in [0.15, 0.2) is 43.2 Å². The van der Waals surface area contributed by atoms with E-state index in [1.807, 2.05) is 13.0 Å². The normalized spacial score (nSPS) is 20.5. The van der Waals surface area contributed by atoms with Crippen LogP contribution in [0.5, 0.6) is 0 Å². The Morgan fingerprint density at radius 2 is 1.76 bits per heavy atom. The lowest BCUT2D eigenvalue weighted by molar-refractivity contribution is 0.108. The van der Waals surface area contributed by atoms with Crippen LogP contribution >= 0.6 is 0 Å². The maximum Gasteiger partial charge on any atom is 0.0556 e. The predicted molar refractivity (Wildman–Crippen MR) is 161 cm³/mol. The number of para-hydroxylation sites is 1. The monoisotopic (exact) mass is 512 g/mol. The fourth-order valence-corrected chi connectivity index (χ4v) is 5.83. The van der Waals surface area contributed by atoms with Crippen LogP contribution in [0.2, 0.25) is 0 Å². The first-order valence-electron chi connectivity index (χ1n) is 15.0. The molecule has 1 aromatic carbocycles. The second-order valence-corrected chi connectivity index (χ2v) is 11.0. The molecule has 5 N–H and O–H groups in total. The molecule has 0 spiro atoms. The zero-order chi connectivity index (χ0) is 26.9. The molecule has 4 atom stereocenters. The number of aliphatic hydroxyl groups excluding tert-OH is 1. The maximum absolute atomic E-state index is 9.95. The van der Waals surface area contributed by atoms with Crippen molar-refractivity contribution in [1.29, 1.82) is 0 Å². The van der Waals surface area contributed by atoms with E-state index in [9.17, 15) is 5.11 Å². The van der Waals surface area contributed by atoms with Gasteiger partial charge in [-0.1, -0.05) is 89.5 Å². The van der Waals surface area contributed by atoms with Crippen LogP contribution < -0.4 is 11.1 Å². The molecule has 1 aliphatic rings. The Labute approximate surface area is 227 Å². The van der Waals surface area contributed by atoms with E-state index in [1.54, 1.807) is 6.20 Å². The molecular formula is C32H56N4O. The second-order valence-electron chi connectivity index (χ2n) is 11.0. The number of likely N-dealkylation sites (tertiary alicyclic amines) is 1. The van der Waals surface area contributed by atoms with Gasteiger partial charge >= 0.3 is 0 Å². The highest BCUT2D eigenvalue weighted by Gasteiger charge is 2.39. The molecule has 0 radical (unpaired) electrons. The quantitative estimate of drug-likeness (QED) is 0.180. The van der Waals surface area contributed by atoms with Gasteiger partial charge in [-0.25, -0.2) is 0 Å². The molecule has 1 aliphatic heterocycles. The fourth-order valence-electron chi connectivity index (χ4n) is 5.83. The number of nitrogens with zero attached hydrogens (tertiary/aromatic N) is 1. The molecule has 3 rings (SSSR count). The number of nitrogens with two attached hydrogens (primary N) is 1. The van der Waals surface area contributed by atoms with Crippen LogP contribution in [0.4, 0.5) is 0 Å². The Hall–Kier alpha value is -1.82. The van der Waals surface area contributed by atoms with Gasteiger partial charge in [0, 0.05) is 42.1 Å². The van der Waals surface area contributed by atoms with Crippen molar-refractivity contribution >= 4 is 10.9 Å². The highest BCUT2D eigenvalue weighted by Crippen LogP contribution is 2.31. The summed E-state index contributed by atoms with van der Waals surface area (Å²) in [5.41, 5.74) is 8.50. The van der Waals surface area contributed by atoms with Crippen molar-refractivity contribution in [1.82, 2.24) is 15.2 Å². The number of aromatic nitrogens is 1. The molecule has 210 valence electrons. The Morgan fingerprint density at radius 1 is 1.11 bits per heavy atom. The summed E-state index contributed by atoms with van der Waals surface area (Å²) in [6.45, 7) is 13.9. The summed E-state index contributed by atoms with van der Waals surface area (Å²) in [7, 11) is 0. The second kappa shape index (κ2) is 18.4. The molecule has 1 saturated heterocycles. The minimum absolute atomic E-state index is 0.233. The number of hydrogen-bond acceptors (Lipinski definition) is 4. The fraction of sp³-hybridized carbons (Fsp3) is 0.688. The number of fused-ring (bicyclic) bond motifs is 1. The molecule has 2 heterocycles. The minimum Gasteiger partial charge on any atom is -0.393 e. The van der Waals surface area contributed by atoms with Crippen molar-refractivity contribution < 1.29 is 5.11 Å². The summed E-state index contributed by atoms with van der Waals surface area (Å²) in [4.78, 5) is 5.82. The van der Waals surface area contributed by atoms with Crippen LogP contribution in [0, 0.1) is 11.8 Å². The van der Waals surface area contributed by atoms with Gasteiger partial charge in [0.2, 0.25) is 0 Å². The summed E-state index contributed by atoms with van der Waals surface area (Å²) >= 11 is 0. The molecule has 37 heavy (non-hydrogen) atoms. The third-order valence-electron chi connectivity index (χ3n) is 8.24. The number of nitrogens with one attached hydrogen (secondary N) is 2. The van der Waals surface area contributed by atoms with Crippen molar-refractivity contribution in [2.45, 2.75) is 104 Å². The average Bonchev–Trinajstić information content (AvgIpc) is 3.46. The van der Waals surface area contributed by atoms with E-state index in [0.29, 0.717) is 24.4 Å². The number of hydrogen-bond donors (Lipinski definition) is 4. The van der Waals surface area contributed by atoms with Gasteiger partial charge in [-0.15, -0.1) is 0 Å². The van der Waals surface area contributed by atoms with E-state index in [4.69, 9.17) is 5.73 Å². The smallest absolute Gasteiger partial charge is 0.0556 e. The van der Waals surface area contributed by atoms with Crippen molar-refractivity contribution in [3.05, 3.63) is 48.8 Å². The summed E-state index contributed by atoms with van der Waals surface area (Å²) in [6, 6.07) is 8.89. The van der Waals surface area contributed by atoms with E-state index < -0.39 is 0 Å². The number of aromatic amines is 1. The Morgan fingerprint density at radius 3 is 2.35 bits per heavy atom. The lowest BCUT2D eigenvalue weighted by Crippen LogP contribution is -2.34. The molecule has 1 fully saturated rings. The standard InChI is InChI=1S/C20H42N2O.C12H14N2/c1-4-5-6-7-8-9-10-11-12-13-14-22-16-20(18(3)23)19(15-21)17(22)2;1-2-13-8-7-10-9-14-12-6-4-3-5-11(10)12/h17-20,23H,4-16,21H2,1-3H3;2-6,9,13-14H,1,7-8H2. The van der Waals surface area contributed by atoms with Gasteiger partial charge in [-0.3, -0.25) is 4.90 Å². The zero-order valence-electron chi connectivity index (χ0n) is 24.1. The third kappa shape index (κ3) is 10.8. The summed E-state index contributed by atoms with van der Waals surface area (Å²) in [5.74, 6) is 0.816. The molecule has 5 heteroatoms. The molecular weight excluding hydrogens is 456 g/mol. The van der Waals surface area contributed by atoms with E-state index in [1.165, 1.54) is 87.2 Å². The molecule has 0 aliphatic carbocycles. The Balaban J connectivity index is 0.000000291. The summed E-state index contributed by atoms with van der Waals surface area (Å²) < 4.78 is 0. The van der Waals surface area contributed by atoms with Crippen molar-refractivity contribution in [3.63, 3.8) is 0 Å². The van der Waals surface area contributed by atoms with Crippen LogP contribution in [0.25, 0.3) is 10.9 Å². The highest BCUT2D eigenvalue weighted by molar-refractivity contribution is 5.83. The topological polar surface area (TPSA) is 77.3 Å². The number of H-pyrrole nitrogens is 1. The van der Waals surface area contributed by atoms with E-state index >= 15 is 0 Å². The van der Waals surface area contributed by atoms with Crippen LogP contribution in [0.1, 0.15) is 90.5 Å². The first kappa shape index (κ1) is 31.4. The van der Waals surface area contributed by atoms with E-state index in [0.717, 1.165) is 19.5 Å². The van der Waals surface area contributed by atoms with Crippen LogP contribution in [-0.2, 0) is 6.42 Å². The van der Waals surface area contributed by atoms with Crippen molar-refractivity contribution in [2.24, 2.45) is 17.6 Å². The third-order valence-corrected chi connectivity index (χ3v) is 8.24. The zero-order valence-corrected chi connectivity index (χ0v) is 24.1. The minimum atomic E-state index is -0.233. The van der Waals surface area contributed by atoms with Crippen LogP contribution in [0.3, 0.4) is 0 Å². The van der Waals surface area contributed by atoms with Gasteiger partial charge in [-0.05, 0) is 63.5 Å². The van der Waals surface area contributed by atoms with Gasteiger partial charge in [0.25, 0.3) is 0 Å². The Bertz CT molecular complexity index is 848. The van der Waals surface area contributed by atoms with Crippen LogP contribution in [-0.4, -0.2) is 53.3 Å². The maximum atomic E-state index is 9.95. The Kier molecular flexibility index (Phi) is 15.6. The van der Waals surface area contributed by atoms with E-state index in [2.05, 4.69) is 60.0 Å². The molecule has 2 aromatic rings. The first-order valence-corrected chi connectivity index (χ1v) is 15.0. The molecule has 4 unspecified atom stereocenters. The van der Waals surface area contributed by atoms with Gasteiger partial charge in [-0.2, -0.15) is 0 Å². The lowest BCUT2D eigenvalue weighted by Gasteiger charge is -2.24.